The van der Waals surface area contributed by atoms with E-state index in [9.17, 15) is 9.59 Å². The van der Waals surface area contributed by atoms with Gasteiger partial charge in [-0.2, -0.15) is 0 Å². The zero-order valence-corrected chi connectivity index (χ0v) is 15.1. The minimum Gasteiger partial charge on any atom is -0.372 e. The Hall–Kier alpha value is -1.96. The van der Waals surface area contributed by atoms with Gasteiger partial charge >= 0.3 is 0 Å². The SMILES string of the molecule is COC1(OC)C[C@H]2C(=O)N3C[C@@H](OCc4ccccc4)C[C@H]3C(=O)N2C1. The zero-order chi connectivity index (χ0) is 18.3. The van der Waals surface area contributed by atoms with E-state index in [1.807, 2.05) is 30.3 Å². The Morgan fingerprint density at radius 3 is 2.42 bits per heavy atom. The lowest BCUT2D eigenvalue weighted by molar-refractivity contribution is -0.196. The minimum absolute atomic E-state index is 0.0311. The molecule has 0 radical (unpaired) electrons. The first-order chi connectivity index (χ1) is 12.6. The third kappa shape index (κ3) is 2.80. The maximum absolute atomic E-state index is 12.9. The summed E-state index contributed by atoms with van der Waals surface area (Å²) in [5.41, 5.74) is 1.08. The highest BCUT2D eigenvalue weighted by Gasteiger charge is 2.58. The van der Waals surface area contributed by atoms with Crippen molar-refractivity contribution in [2.45, 2.75) is 43.4 Å². The van der Waals surface area contributed by atoms with E-state index in [2.05, 4.69) is 0 Å². The van der Waals surface area contributed by atoms with Gasteiger partial charge in [-0.3, -0.25) is 9.59 Å². The van der Waals surface area contributed by atoms with Crippen LogP contribution in [-0.4, -0.2) is 72.9 Å². The van der Waals surface area contributed by atoms with Crippen molar-refractivity contribution in [3.63, 3.8) is 0 Å². The molecule has 3 saturated heterocycles. The number of hydrogen-bond donors (Lipinski definition) is 0. The van der Waals surface area contributed by atoms with Gasteiger partial charge in [0.25, 0.3) is 0 Å². The molecule has 0 aliphatic carbocycles. The van der Waals surface area contributed by atoms with Gasteiger partial charge in [-0.15, -0.1) is 0 Å². The molecule has 0 saturated carbocycles. The largest absolute Gasteiger partial charge is 0.372 e. The number of hydrogen-bond acceptors (Lipinski definition) is 5. The third-order valence-corrected chi connectivity index (χ3v) is 5.76. The quantitative estimate of drug-likeness (QED) is 0.726. The lowest BCUT2D eigenvalue weighted by atomic mass is 10.1. The summed E-state index contributed by atoms with van der Waals surface area (Å²) in [4.78, 5) is 29.2. The third-order valence-electron chi connectivity index (χ3n) is 5.76. The number of fused-ring (bicyclic) bond motifs is 2. The summed E-state index contributed by atoms with van der Waals surface area (Å²) in [6, 6.07) is 8.96. The average molecular weight is 360 g/mol. The second kappa shape index (κ2) is 6.64. The Kier molecular flexibility index (Phi) is 4.46. The Morgan fingerprint density at radius 1 is 1.04 bits per heavy atom. The Bertz CT molecular complexity index is 656. The van der Waals surface area contributed by atoms with Crippen LogP contribution >= 0.6 is 0 Å². The number of ether oxygens (including phenoxy) is 3. The van der Waals surface area contributed by atoms with Crippen LogP contribution in [0.1, 0.15) is 18.4 Å². The molecule has 3 aliphatic heterocycles. The van der Waals surface area contributed by atoms with Crippen LogP contribution in [0.25, 0.3) is 0 Å². The first-order valence-corrected chi connectivity index (χ1v) is 8.94. The van der Waals surface area contributed by atoms with Crippen molar-refractivity contribution in [3.8, 4) is 0 Å². The zero-order valence-electron chi connectivity index (χ0n) is 15.1. The standard InChI is InChI=1S/C19H24N2O5/c1-24-19(25-2)9-16-18(23)20-10-14(8-15(20)17(22)21(16)12-19)26-11-13-6-4-3-5-7-13/h3-7,14-16H,8-12H2,1-2H3/t14-,15-,16-/m0/s1. The molecule has 0 unspecified atom stereocenters. The predicted octanol–water partition coefficient (Wildman–Crippen LogP) is 0.776. The van der Waals surface area contributed by atoms with Gasteiger partial charge < -0.3 is 24.0 Å². The van der Waals surface area contributed by atoms with Crippen LogP contribution in [0.4, 0.5) is 0 Å². The molecule has 140 valence electrons. The second-order valence-electron chi connectivity index (χ2n) is 7.17. The number of amides is 2. The van der Waals surface area contributed by atoms with Crippen molar-refractivity contribution in [3.05, 3.63) is 35.9 Å². The van der Waals surface area contributed by atoms with Gasteiger partial charge in [0.05, 0.1) is 19.3 Å². The molecule has 0 bridgehead atoms. The van der Waals surface area contributed by atoms with Gasteiger partial charge in [-0.05, 0) is 5.56 Å². The number of rotatable bonds is 5. The molecule has 7 heteroatoms. The molecule has 26 heavy (non-hydrogen) atoms. The number of methoxy groups -OCH3 is 2. The molecule has 3 fully saturated rings. The summed E-state index contributed by atoms with van der Waals surface area (Å²) in [7, 11) is 3.09. The number of piperazine rings is 1. The van der Waals surface area contributed by atoms with E-state index in [1.54, 1.807) is 24.0 Å². The number of carbonyl (C=O) groups excluding carboxylic acids is 2. The molecule has 1 aromatic carbocycles. The molecule has 0 N–H and O–H groups in total. The van der Waals surface area contributed by atoms with Gasteiger partial charge in [-0.1, -0.05) is 30.3 Å². The molecule has 3 atom stereocenters. The van der Waals surface area contributed by atoms with E-state index < -0.39 is 17.9 Å². The highest BCUT2D eigenvalue weighted by atomic mass is 16.7. The van der Waals surface area contributed by atoms with E-state index in [1.165, 1.54) is 0 Å². The first kappa shape index (κ1) is 17.5. The average Bonchev–Trinajstić information content (AvgIpc) is 3.28. The van der Waals surface area contributed by atoms with Gasteiger partial charge in [0, 0.05) is 33.6 Å². The van der Waals surface area contributed by atoms with Crippen LogP contribution in [0.3, 0.4) is 0 Å². The van der Waals surface area contributed by atoms with E-state index >= 15 is 0 Å². The van der Waals surface area contributed by atoms with Crippen molar-refractivity contribution >= 4 is 11.8 Å². The van der Waals surface area contributed by atoms with Crippen molar-refractivity contribution in [1.29, 1.82) is 0 Å². The van der Waals surface area contributed by atoms with Crippen molar-refractivity contribution in [2.24, 2.45) is 0 Å². The van der Waals surface area contributed by atoms with E-state index in [0.29, 0.717) is 26.0 Å². The Labute approximate surface area is 152 Å². The van der Waals surface area contributed by atoms with Crippen LogP contribution in [0.15, 0.2) is 30.3 Å². The monoisotopic (exact) mass is 360 g/mol. The second-order valence-corrected chi connectivity index (χ2v) is 7.17. The van der Waals surface area contributed by atoms with Gasteiger partial charge in [0.15, 0.2) is 5.79 Å². The first-order valence-electron chi connectivity index (χ1n) is 8.94. The molecule has 3 heterocycles. The van der Waals surface area contributed by atoms with E-state index in [-0.39, 0.29) is 24.5 Å². The maximum Gasteiger partial charge on any atom is 0.246 e. The molecular formula is C19H24N2O5. The molecule has 7 nitrogen and oxygen atoms in total. The van der Waals surface area contributed by atoms with Crippen molar-refractivity contribution in [1.82, 2.24) is 9.80 Å². The predicted molar refractivity (Wildman–Crippen MR) is 92.0 cm³/mol. The number of nitrogens with zero attached hydrogens (tertiary/aromatic N) is 2. The van der Waals surface area contributed by atoms with Crippen molar-refractivity contribution < 1.29 is 23.8 Å². The minimum atomic E-state index is -0.890. The highest BCUT2D eigenvalue weighted by Crippen LogP contribution is 2.38. The molecule has 4 rings (SSSR count). The van der Waals surface area contributed by atoms with Crippen LogP contribution in [0.5, 0.6) is 0 Å². The summed E-state index contributed by atoms with van der Waals surface area (Å²) in [5, 5.41) is 0. The molecule has 3 aliphatic rings. The van der Waals surface area contributed by atoms with Crippen LogP contribution in [-0.2, 0) is 30.4 Å². The van der Waals surface area contributed by atoms with Crippen LogP contribution in [0, 0.1) is 0 Å². The lowest BCUT2D eigenvalue weighted by Gasteiger charge is -2.38. The fourth-order valence-electron chi connectivity index (χ4n) is 4.24. The number of benzene rings is 1. The fourth-order valence-corrected chi connectivity index (χ4v) is 4.24. The van der Waals surface area contributed by atoms with Crippen LogP contribution in [0.2, 0.25) is 0 Å². The fraction of sp³-hybridized carbons (Fsp3) is 0.579. The summed E-state index contributed by atoms with van der Waals surface area (Å²) >= 11 is 0. The molecule has 0 aromatic heterocycles. The van der Waals surface area contributed by atoms with Gasteiger partial charge in [0.2, 0.25) is 11.8 Å². The molecule has 1 aromatic rings. The van der Waals surface area contributed by atoms with Crippen LogP contribution < -0.4 is 0 Å². The summed E-state index contributed by atoms with van der Waals surface area (Å²) in [6.07, 6.45) is 0.777. The van der Waals surface area contributed by atoms with E-state index in [0.717, 1.165) is 5.56 Å². The summed E-state index contributed by atoms with van der Waals surface area (Å²) in [6.45, 7) is 1.23. The van der Waals surface area contributed by atoms with Gasteiger partial charge in [-0.25, -0.2) is 0 Å². The van der Waals surface area contributed by atoms with Gasteiger partial charge in [0.1, 0.15) is 12.1 Å². The molecule has 2 amide bonds. The Morgan fingerprint density at radius 2 is 1.73 bits per heavy atom. The smallest absolute Gasteiger partial charge is 0.246 e. The summed E-state index contributed by atoms with van der Waals surface area (Å²) in [5.74, 6) is -0.952. The summed E-state index contributed by atoms with van der Waals surface area (Å²) < 4.78 is 16.9. The van der Waals surface area contributed by atoms with Crippen molar-refractivity contribution in [2.75, 3.05) is 27.3 Å². The number of carbonyl (C=O) groups is 2. The maximum atomic E-state index is 12.9. The topological polar surface area (TPSA) is 68.3 Å². The lowest BCUT2D eigenvalue weighted by Crippen LogP contribution is -2.60. The molecule has 0 spiro atoms. The molecular weight excluding hydrogens is 336 g/mol. The highest BCUT2D eigenvalue weighted by molar-refractivity contribution is 5.98. The normalized spacial score (nSPS) is 29.8. The Balaban J connectivity index is 1.44. The van der Waals surface area contributed by atoms with E-state index in [4.69, 9.17) is 14.2 Å².